The van der Waals surface area contributed by atoms with Gasteiger partial charge in [-0.05, 0) is 45.1 Å². The Morgan fingerprint density at radius 3 is 2.89 bits per heavy atom. The quantitative estimate of drug-likeness (QED) is 0.625. The summed E-state index contributed by atoms with van der Waals surface area (Å²) in [5, 5.41) is 22.3. The van der Waals surface area contributed by atoms with Crippen LogP contribution < -0.4 is 14.8 Å². The van der Waals surface area contributed by atoms with Gasteiger partial charge in [0.2, 0.25) is 11.8 Å². The van der Waals surface area contributed by atoms with Crippen molar-refractivity contribution in [2.24, 2.45) is 0 Å². The van der Waals surface area contributed by atoms with E-state index in [9.17, 15) is 5.26 Å². The number of thiophene rings is 1. The van der Waals surface area contributed by atoms with Crippen molar-refractivity contribution in [2.75, 3.05) is 14.2 Å². The summed E-state index contributed by atoms with van der Waals surface area (Å²) >= 11 is 5.15. The summed E-state index contributed by atoms with van der Waals surface area (Å²) in [6.45, 7) is 0. The molecule has 1 atom stereocenters. The lowest BCUT2D eigenvalue weighted by molar-refractivity contribution is 0.354. The van der Waals surface area contributed by atoms with Gasteiger partial charge < -0.3 is 14.8 Å². The molecule has 3 heterocycles. The lowest BCUT2D eigenvalue weighted by atomic mass is 9.83. The molecule has 4 rings (SSSR count). The van der Waals surface area contributed by atoms with Crippen LogP contribution in [-0.2, 0) is 0 Å². The van der Waals surface area contributed by atoms with Crippen LogP contribution in [0.25, 0.3) is 10.6 Å². The molecule has 1 unspecified atom stereocenters. The normalized spacial score (nSPS) is 15.7. The third-order valence-corrected chi connectivity index (χ3v) is 5.92. The molecule has 136 valence electrons. The first-order valence-electron chi connectivity index (χ1n) is 8.13. The van der Waals surface area contributed by atoms with Crippen molar-refractivity contribution in [1.82, 2.24) is 15.5 Å². The fourth-order valence-corrected chi connectivity index (χ4v) is 4.50. The molecule has 0 fully saturated rings. The maximum absolute atomic E-state index is 9.89. The zero-order valence-electron chi connectivity index (χ0n) is 14.5. The molecule has 6 nitrogen and oxygen atoms in total. The summed E-state index contributed by atoms with van der Waals surface area (Å²) in [4.78, 5) is 1.04. The van der Waals surface area contributed by atoms with Crippen LogP contribution in [0.3, 0.4) is 0 Å². The van der Waals surface area contributed by atoms with Crippen LogP contribution in [0.1, 0.15) is 17.0 Å². The Bertz CT molecular complexity index is 1070. The second-order valence-corrected chi connectivity index (χ2v) is 7.63. The van der Waals surface area contributed by atoms with Crippen molar-refractivity contribution in [3.63, 3.8) is 0 Å². The van der Waals surface area contributed by atoms with Gasteiger partial charge in [-0.3, -0.25) is 5.10 Å². The minimum Gasteiger partial charge on any atom is -0.496 e. The molecule has 0 radical (unpaired) electrons. The lowest BCUT2D eigenvalue weighted by Gasteiger charge is -2.25. The van der Waals surface area contributed by atoms with Crippen LogP contribution in [0.5, 0.6) is 11.6 Å². The Labute approximate surface area is 168 Å². The molecule has 0 saturated carbocycles. The number of nitriles is 1. The van der Waals surface area contributed by atoms with Gasteiger partial charge in [0.1, 0.15) is 17.4 Å². The molecular formula is C19H15BrN4O2S. The second-order valence-electron chi connectivity index (χ2n) is 5.83. The zero-order chi connectivity index (χ0) is 19.0. The molecule has 8 heteroatoms. The van der Waals surface area contributed by atoms with E-state index in [1.54, 1.807) is 25.5 Å². The highest BCUT2D eigenvalue weighted by Crippen LogP contribution is 2.47. The summed E-state index contributed by atoms with van der Waals surface area (Å²) in [7, 11) is 3.35. The van der Waals surface area contributed by atoms with Crippen LogP contribution in [0.15, 0.2) is 51.6 Å². The fraction of sp³-hybridized carbons (Fsp3) is 0.158. The molecule has 0 saturated heterocycles. The van der Waals surface area contributed by atoms with Crippen molar-refractivity contribution in [1.29, 1.82) is 5.26 Å². The van der Waals surface area contributed by atoms with Crippen molar-refractivity contribution in [2.45, 2.75) is 5.92 Å². The number of nitrogens with one attached hydrogen (secondary N) is 2. The van der Waals surface area contributed by atoms with E-state index < -0.39 is 0 Å². The average molecular weight is 443 g/mol. The first-order valence-corrected chi connectivity index (χ1v) is 9.80. The Balaban J connectivity index is 1.95. The van der Waals surface area contributed by atoms with Gasteiger partial charge in [-0.25, -0.2) is 0 Å². The molecule has 3 aromatic rings. The third kappa shape index (κ3) is 2.89. The predicted octanol–water partition coefficient (Wildman–Crippen LogP) is 4.39. The van der Waals surface area contributed by atoms with Gasteiger partial charge in [0, 0.05) is 7.05 Å². The number of nitrogens with zero attached hydrogens (tertiary/aromatic N) is 2. The summed E-state index contributed by atoms with van der Waals surface area (Å²) in [5.74, 6) is 1.29. The van der Waals surface area contributed by atoms with Crippen LogP contribution in [0.2, 0.25) is 0 Å². The van der Waals surface area contributed by atoms with E-state index in [-0.39, 0.29) is 5.92 Å². The van der Waals surface area contributed by atoms with E-state index in [1.165, 1.54) is 0 Å². The van der Waals surface area contributed by atoms with Crippen molar-refractivity contribution in [3.8, 4) is 28.3 Å². The Morgan fingerprint density at radius 1 is 1.41 bits per heavy atom. The first kappa shape index (κ1) is 17.6. The second kappa shape index (κ2) is 7.10. The first-order chi connectivity index (χ1) is 13.2. The minimum atomic E-state index is -0.320. The summed E-state index contributed by atoms with van der Waals surface area (Å²) in [5.41, 5.74) is 3.15. The molecule has 27 heavy (non-hydrogen) atoms. The van der Waals surface area contributed by atoms with Crippen molar-refractivity contribution >= 4 is 27.3 Å². The highest BCUT2D eigenvalue weighted by atomic mass is 79.9. The van der Waals surface area contributed by atoms with Crippen molar-refractivity contribution < 1.29 is 9.47 Å². The topological polar surface area (TPSA) is 83.0 Å². The number of rotatable bonds is 4. The Hall–Kier alpha value is -2.76. The van der Waals surface area contributed by atoms with E-state index in [1.807, 2.05) is 35.7 Å². The SMILES string of the molecule is CNC1=C(C#N)C(c2ccc(OC)c(Br)c2)c2c(n[nH]c2-c2cccs2)O1. The average Bonchev–Trinajstić information content (AvgIpc) is 3.35. The van der Waals surface area contributed by atoms with Crippen LogP contribution >= 0.6 is 27.3 Å². The molecule has 0 amide bonds. The summed E-state index contributed by atoms with van der Waals surface area (Å²) < 4.78 is 12.0. The number of ether oxygens (including phenoxy) is 2. The number of fused-ring (bicyclic) bond motifs is 1. The fourth-order valence-electron chi connectivity index (χ4n) is 3.21. The highest BCUT2D eigenvalue weighted by molar-refractivity contribution is 9.10. The monoisotopic (exact) mass is 442 g/mol. The zero-order valence-corrected chi connectivity index (χ0v) is 16.9. The molecule has 2 N–H and O–H groups in total. The number of methoxy groups -OCH3 is 1. The van der Waals surface area contributed by atoms with Gasteiger partial charge in [-0.15, -0.1) is 16.4 Å². The van der Waals surface area contributed by atoms with Gasteiger partial charge in [-0.1, -0.05) is 12.1 Å². The molecule has 0 bridgehead atoms. The van der Waals surface area contributed by atoms with E-state index >= 15 is 0 Å². The highest BCUT2D eigenvalue weighted by Gasteiger charge is 2.36. The van der Waals surface area contributed by atoms with Crippen LogP contribution in [0, 0.1) is 11.3 Å². The molecule has 0 aliphatic carbocycles. The van der Waals surface area contributed by atoms with E-state index in [0.29, 0.717) is 17.3 Å². The maximum atomic E-state index is 9.89. The largest absolute Gasteiger partial charge is 0.496 e. The van der Waals surface area contributed by atoms with E-state index in [4.69, 9.17) is 9.47 Å². The number of aromatic amines is 1. The van der Waals surface area contributed by atoms with E-state index in [2.05, 4.69) is 37.5 Å². The van der Waals surface area contributed by atoms with Gasteiger partial charge in [0.05, 0.1) is 33.6 Å². The number of halogens is 1. The van der Waals surface area contributed by atoms with Gasteiger partial charge >= 0.3 is 0 Å². The van der Waals surface area contributed by atoms with Gasteiger partial charge in [0.15, 0.2) is 0 Å². The third-order valence-electron chi connectivity index (χ3n) is 4.41. The standard InChI is InChI=1S/C19H15BrN4O2S/c1-22-18-11(9-21)15(10-5-6-13(25-2)12(20)8-10)16-17(14-4-3-7-27-14)23-24-19(16)26-18/h3-8,15,22H,1-2H3,(H,23,24). The molecule has 1 aliphatic heterocycles. The minimum absolute atomic E-state index is 0.320. The lowest BCUT2D eigenvalue weighted by Crippen LogP contribution is -2.23. The smallest absolute Gasteiger partial charge is 0.244 e. The van der Waals surface area contributed by atoms with Crippen LogP contribution in [0.4, 0.5) is 0 Å². The Morgan fingerprint density at radius 2 is 2.26 bits per heavy atom. The maximum Gasteiger partial charge on any atom is 0.244 e. The van der Waals surface area contributed by atoms with Crippen LogP contribution in [-0.4, -0.2) is 24.4 Å². The van der Waals surface area contributed by atoms with Gasteiger partial charge in [-0.2, -0.15) is 5.26 Å². The summed E-state index contributed by atoms with van der Waals surface area (Å²) in [6.07, 6.45) is 0. The molecule has 1 aromatic carbocycles. The molecular weight excluding hydrogens is 428 g/mol. The number of hydrogen-bond donors (Lipinski definition) is 2. The predicted molar refractivity (Wildman–Crippen MR) is 107 cm³/mol. The molecule has 0 spiro atoms. The van der Waals surface area contributed by atoms with Gasteiger partial charge in [0.25, 0.3) is 0 Å². The Kier molecular flexibility index (Phi) is 4.64. The molecule has 2 aromatic heterocycles. The number of H-pyrrole nitrogens is 1. The molecule has 1 aliphatic rings. The number of hydrogen-bond acceptors (Lipinski definition) is 6. The number of benzene rings is 1. The summed E-state index contributed by atoms with van der Waals surface area (Å²) in [6, 6.07) is 12.1. The van der Waals surface area contributed by atoms with Crippen molar-refractivity contribution in [3.05, 3.63) is 62.8 Å². The number of aromatic nitrogens is 2. The van der Waals surface area contributed by atoms with E-state index in [0.717, 1.165) is 31.9 Å². The number of allylic oxidation sites excluding steroid dienone is 1.